The highest BCUT2D eigenvalue weighted by molar-refractivity contribution is 8.00. The second kappa shape index (κ2) is 7.60. The van der Waals surface area contributed by atoms with Crippen molar-refractivity contribution in [1.29, 1.82) is 0 Å². The van der Waals surface area contributed by atoms with Crippen molar-refractivity contribution in [3.63, 3.8) is 0 Å². The van der Waals surface area contributed by atoms with Gasteiger partial charge in [0.2, 0.25) is 5.91 Å². The molecule has 4 N–H and O–H groups in total. The number of hydrogen-bond donors (Lipinski definition) is 3. The number of carbonyl (C=O) groups excluding carboxylic acids is 1. The van der Waals surface area contributed by atoms with Crippen LogP contribution < -0.4 is 11.1 Å². The second-order valence-electron chi connectivity index (χ2n) is 3.68. The zero-order chi connectivity index (χ0) is 13.4. The van der Waals surface area contributed by atoms with Crippen LogP contribution in [-0.4, -0.2) is 35.5 Å². The van der Waals surface area contributed by atoms with Crippen molar-refractivity contribution < 1.29 is 10.0 Å². The first kappa shape index (κ1) is 14.4. The first-order chi connectivity index (χ1) is 8.69. The number of benzene rings is 1. The molecule has 0 aliphatic rings. The molecule has 0 aromatic heterocycles. The fourth-order valence-corrected chi connectivity index (χ4v) is 2.50. The Bertz CT molecular complexity index is 409. The molecule has 0 radical (unpaired) electrons. The van der Waals surface area contributed by atoms with Crippen LogP contribution in [0.1, 0.15) is 11.5 Å². The molecule has 98 valence electrons. The molecule has 1 aromatic carbocycles. The molecular weight excluding hydrogens is 250 g/mol. The maximum Gasteiger partial charge on any atom is 0.229 e. The molecule has 0 heterocycles. The Hall–Kier alpha value is -1.69. The van der Waals surface area contributed by atoms with Gasteiger partial charge < -0.3 is 16.3 Å². The summed E-state index contributed by atoms with van der Waals surface area (Å²) in [5.74, 6) is 0.883. The second-order valence-corrected chi connectivity index (χ2v) is 4.71. The Balaban J connectivity index is 2.66. The number of nitrogens with zero attached hydrogens (tertiary/aromatic N) is 1. The molecule has 1 unspecified atom stereocenters. The summed E-state index contributed by atoms with van der Waals surface area (Å²) >= 11 is 1.45. The molecule has 18 heavy (non-hydrogen) atoms. The topological polar surface area (TPSA) is 87.7 Å². The Morgan fingerprint density at radius 2 is 2.17 bits per heavy atom. The molecule has 0 aliphatic carbocycles. The lowest BCUT2D eigenvalue weighted by atomic mass is 10.0. The maximum atomic E-state index is 11.1. The molecule has 0 spiro atoms. The van der Waals surface area contributed by atoms with Crippen molar-refractivity contribution in [2.24, 2.45) is 10.9 Å². The summed E-state index contributed by atoms with van der Waals surface area (Å²) in [5.41, 5.74) is 6.65. The number of nitrogens with two attached hydrogens (primary N) is 1. The van der Waals surface area contributed by atoms with E-state index < -0.39 is 0 Å². The summed E-state index contributed by atoms with van der Waals surface area (Å²) in [5, 5.41) is 14.4. The number of carbonyl (C=O) groups is 1. The number of amides is 1. The zero-order valence-corrected chi connectivity index (χ0v) is 11.0. The maximum absolute atomic E-state index is 11.1. The minimum atomic E-state index is -0.189. The molecule has 6 heteroatoms. The van der Waals surface area contributed by atoms with Crippen LogP contribution in [0.25, 0.3) is 0 Å². The normalized spacial score (nSPS) is 13.1. The Kier molecular flexibility index (Phi) is 6.07. The van der Waals surface area contributed by atoms with Crippen LogP contribution in [0.5, 0.6) is 0 Å². The lowest BCUT2D eigenvalue weighted by Crippen LogP contribution is -2.25. The fourth-order valence-electron chi connectivity index (χ4n) is 1.45. The number of hydrogen-bond acceptors (Lipinski definition) is 4. The van der Waals surface area contributed by atoms with Crippen LogP contribution in [0.3, 0.4) is 0 Å². The summed E-state index contributed by atoms with van der Waals surface area (Å²) in [4.78, 5) is 11.1. The van der Waals surface area contributed by atoms with Gasteiger partial charge in [-0.25, -0.2) is 0 Å². The molecule has 0 fully saturated rings. The highest BCUT2D eigenvalue weighted by Crippen LogP contribution is 2.21. The van der Waals surface area contributed by atoms with E-state index in [-0.39, 0.29) is 17.7 Å². The van der Waals surface area contributed by atoms with E-state index in [1.54, 1.807) is 7.05 Å². The summed E-state index contributed by atoms with van der Waals surface area (Å²) in [6, 6.07) is 9.55. The molecule has 0 saturated carbocycles. The van der Waals surface area contributed by atoms with E-state index in [1.807, 2.05) is 30.3 Å². The minimum Gasteiger partial charge on any atom is -0.409 e. The van der Waals surface area contributed by atoms with Crippen molar-refractivity contribution in [3.8, 4) is 0 Å². The van der Waals surface area contributed by atoms with Crippen LogP contribution in [-0.2, 0) is 4.79 Å². The number of oxime groups is 1. The van der Waals surface area contributed by atoms with Gasteiger partial charge in [0.15, 0.2) is 0 Å². The third-order valence-electron chi connectivity index (χ3n) is 2.47. The summed E-state index contributed by atoms with van der Waals surface area (Å²) in [6.07, 6.45) is 0. The quantitative estimate of drug-likeness (QED) is 0.310. The van der Waals surface area contributed by atoms with Gasteiger partial charge in [0.1, 0.15) is 5.84 Å². The van der Waals surface area contributed by atoms with Gasteiger partial charge in [-0.3, -0.25) is 4.79 Å². The Morgan fingerprint density at radius 3 is 2.72 bits per heavy atom. The highest BCUT2D eigenvalue weighted by atomic mass is 32.2. The van der Waals surface area contributed by atoms with Gasteiger partial charge in [-0.2, -0.15) is 11.8 Å². The summed E-state index contributed by atoms with van der Waals surface area (Å²) < 4.78 is 0. The standard InChI is InChI=1S/C12H17N3O2S/c1-14-11(16)8-18-7-10(12(13)15-17)9-5-3-2-4-6-9/h2-6,10,17H,7-8H2,1H3,(H2,13,15)(H,14,16). The molecule has 1 amide bonds. The number of amidine groups is 1. The van der Waals surface area contributed by atoms with Crippen molar-refractivity contribution in [1.82, 2.24) is 5.32 Å². The van der Waals surface area contributed by atoms with Gasteiger partial charge in [-0.1, -0.05) is 35.5 Å². The van der Waals surface area contributed by atoms with E-state index in [0.717, 1.165) is 5.56 Å². The van der Waals surface area contributed by atoms with Crippen LogP contribution in [0.15, 0.2) is 35.5 Å². The fraction of sp³-hybridized carbons (Fsp3) is 0.333. The Labute approximate surface area is 110 Å². The van der Waals surface area contributed by atoms with Gasteiger partial charge in [-0.05, 0) is 5.56 Å². The van der Waals surface area contributed by atoms with E-state index >= 15 is 0 Å². The first-order valence-electron chi connectivity index (χ1n) is 5.49. The largest absolute Gasteiger partial charge is 0.409 e. The minimum absolute atomic E-state index is 0.0358. The lowest BCUT2D eigenvalue weighted by molar-refractivity contribution is -0.118. The summed E-state index contributed by atoms with van der Waals surface area (Å²) in [6.45, 7) is 0. The molecule has 0 saturated heterocycles. The Morgan fingerprint density at radius 1 is 1.50 bits per heavy atom. The van der Waals surface area contributed by atoms with Gasteiger partial charge in [0, 0.05) is 12.8 Å². The molecule has 1 aromatic rings. The van der Waals surface area contributed by atoms with E-state index in [0.29, 0.717) is 11.5 Å². The van der Waals surface area contributed by atoms with E-state index in [2.05, 4.69) is 10.5 Å². The van der Waals surface area contributed by atoms with Crippen molar-refractivity contribution in [3.05, 3.63) is 35.9 Å². The molecule has 1 rings (SSSR count). The average molecular weight is 267 g/mol. The molecule has 1 atom stereocenters. The van der Waals surface area contributed by atoms with E-state index in [9.17, 15) is 4.79 Å². The predicted molar refractivity (Wildman–Crippen MR) is 74.0 cm³/mol. The SMILES string of the molecule is CNC(=O)CSCC(/C(N)=N/O)c1ccccc1. The van der Waals surface area contributed by atoms with E-state index in [4.69, 9.17) is 10.9 Å². The number of nitrogens with one attached hydrogen (secondary N) is 1. The van der Waals surface area contributed by atoms with Crippen LogP contribution >= 0.6 is 11.8 Å². The van der Waals surface area contributed by atoms with Gasteiger partial charge >= 0.3 is 0 Å². The van der Waals surface area contributed by atoms with Crippen LogP contribution in [0.2, 0.25) is 0 Å². The smallest absolute Gasteiger partial charge is 0.229 e. The third kappa shape index (κ3) is 4.29. The summed E-state index contributed by atoms with van der Waals surface area (Å²) in [7, 11) is 1.60. The van der Waals surface area contributed by atoms with Crippen molar-refractivity contribution in [2.75, 3.05) is 18.6 Å². The highest BCUT2D eigenvalue weighted by Gasteiger charge is 2.16. The molecule has 0 aliphatic heterocycles. The number of rotatable bonds is 6. The predicted octanol–water partition coefficient (Wildman–Crippen LogP) is 0.996. The van der Waals surface area contributed by atoms with Crippen molar-refractivity contribution >= 4 is 23.5 Å². The zero-order valence-electron chi connectivity index (χ0n) is 10.2. The molecule has 5 nitrogen and oxygen atoms in total. The van der Waals surface area contributed by atoms with Gasteiger partial charge in [-0.15, -0.1) is 0 Å². The monoisotopic (exact) mass is 267 g/mol. The first-order valence-corrected chi connectivity index (χ1v) is 6.65. The van der Waals surface area contributed by atoms with Crippen molar-refractivity contribution in [2.45, 2.75) is 5.92 Å². The van der Waals surface area contributed by atoms with Crippen LogP contribution in [0, 0.1) is 0 Å². The molecule has 0 bridgehead atoms. The lowest BCUT2D eigenvalue weighted by Gasteiger charge is -2.15. The van der Waals surface area contributed by atoms with Gasteiger partial charge in [0.25, 0.3) is 0 Å². The van der Waals surface area contributed by atoms with E-state index in [1.165, 1.54) is 11.8 Å². The average Bonchev–Trinajstić information content (AvgIpc) is 2.43. The third-order valence-corrected chi connectivity index (χ3v) is 3.51. The van der Waals surface area contributed by atoms with Gasteiger partial charge in [0.05, 0.1) is 11.7 Å². The van der Waals surface area contributed by atoms with Crippen LogP contribution in [0.4, 0.5) is 0 Å². The number of thioether (sulfide) groups is 1. The molecular formula is C12H17N3O2S.